The molecule has 2 aromatic rings. The van der Waals surface area contributed by atoms with Gasteiger partial charge in [0, 0.05) is 0 Å². The molecule has 0 unspecified atom stereocenters. The van der Waals surface area contributed by atoms with Gasteiger partial charge in [0.05, 0.1) is 18.2 Å². The van der Waals surface area contributed by atoms with Crippen molar-refractivity contribution >= 4 is 12.4 Å². The van der Waals surface area contributed by atoms with Crippen LogP contribution in [0.15, 0.2) is 36.8 Å². The molecule has 0 fully saturated rings. The second kappa shape index (κ2) is 5.41. The van der Waals surface area contributed by atoms with Gasteiger partial charge >= 0.3 is 0 Å². The van der Waals surface area contributed by atoms with Crippen molar-refractivity contribution in [3.8, 4) is 5.75 Å². The third-order valence-corrected chi connectivity index (χ3v) is 1.94. The van der Waals surface area contributed by atoms with Crippen LogP contribution in [0.5, 0.6) is 5.75 Å². The molecule has 0 aliphatic carbocycles. The van der Waals surface area contributed by atoms with E-state index in [1.54, 1.807) is 12.5 Å². The molecule has 4 heteroatoms. The van der Waals surface area contributed by atoms with Crippen molar-refractivity contribution in [1.82, 2.24) is 9.97 Å². The predicted octanol–water partition coefficient (Wildman–Crippen LogP) is 2.72. The van der Waals surface area contributed by atoms with E-state index in [1.807, 2.05) is 31.2 Å². The van der Waals surface area contributed by atoms with Crippen LogP contribution in [0.1, 0.15) is 11.3 Å². The van der Waals surface area contributed by atoms with E-state index in [2.05, 4.69) is 9.97 Å². The van der Waals surface area contributed by atoms with Crippen molar-refractivity contribution < 1.29 is 4.74 Å². The highest BCUT2D eigenvalue weighted by Crippen LogP contribution is 2.13. The maximum Gasteiger partial charge on any atom is 0.130 e. The Labute approximate surface area is 94.9 Å². The molecule has 0 saturated heterocycles. The lowest BCUT2D eigenvalue weighted by molar-refractivity contribution is 0.302. The molecule has 0 saturated carbocycles. The van der Waals surface area contributed by atoms with Gasteiger partial charge < -0.3 is 9.72 Å². The number of aromatic amines is 1. The highest BCUT2D eigenvalue weighted by molar-refractivity contribution is 5.85. The second-order valence-electron chi connectivity index (χ2n) is 3.18. The van der Waals surface area contributed by atoms with Crippen LogP contribution in [0.4, 0.5) is 0 Å². The number of ether oxygens (including phenoxy) is 1. The first-order valence-corrected chi connectivity index (χ1v) is 4.51. The Hall–Kier alpha value is -1.48. The summed E-state index contributed by atoms with van der Waals surface area (Å²) in [7, 11) is 0. The van der Waals surface area contributed by atoms with Crippen molar-refractivity contribution in [3.63, 3.8) is 0 Å². The lowest BCUT2D eigenvalue weighted by Gasteiger charge is -2.04. The average molecular weight is 225 g/mol. The lowest BCUT2D eigenvalue weighted by Crippen LogP contribution is -1.95. The van der Waals surface area contributed by atoms with Gasteiger partial charge in [0.1, 0.15) is 12.4 Å². The molecule has 1 aromatic carbocycles. The van der Waals surface area contributed by atoms with Crippen molar-refractivity contribution in [2.75, 3.05) is 0 Å². The zero-order chi connectivity index (χ0) is 9.80. The number of rotatable bonds is 3. The van der Waals surface area contributed by atoms with Crippen LogP contribution in [-0.4, -0.2) is 9.97 Å². The number of nitrogens with zero attached hydrogens (tertiary/aromatic N) is 1. The molecular weight excluding hydrogens is 212 g/mol. The number of H-pyrrole nitrogens is 1. The zero-order valence-electron chi connectivity index (χ0n) is 8.43. The van der Waals surface area contributed by atoms with Crippen LogP contribution in [0.3, 0.4) is 0 Å². The molecule has 1 heterocycles. The number of hydrogen-bond donors (Lipinski definition) is 1. The monoisotopic (exact) mass is 224 g/mol. The standard InChI is InChI=1S/C11H12N2O.ClH/c1-9-3-2-4-11(5-9)14-7-10-6-12-8-13-10;/h2-6,8H,7H2,1H3,(H,12,13);1H. The summed E-state index contributed by atoms with van der Waals surface area (Å²) >= 11 is 0. The summed E-state index contributed by atoms with van der Waals surface area (Å²) in [5.41, 5.74) is 2.18. The van der Waals surface area contributed by atoms with E-state index >= 15 is 0 Å². The largest absolute Gasteiger partial charge is 0.487 e. The van der Waals surface area contributed by atoms with E-state index in [9.17, 15) is 0 Å². The molecule has 1 aromatic heterocycles. The highest BCUT2D eigenvalue weighted by Gasteiger charge is 1.96. The minimum Gasteiger partial charge on any atom is -0.487 e. The summed E-state index contributed by atoms with van der Waals surface area (Å²) in [6.07, 6.45) is 3.41. The number of hydrogen-bond acceptors (Lipinski definition) is 2. The fraction of sp³-hybridized carbons (Fsp3) is 0.182. The molecule has 0 spiro atoms. The van der Waals surface area contributed by atoms with Gasteiger partial charge in [0.25, 0.3) is 0 Å². The number of aryl methyl sites for hydroxylation is 1. The van der Waals surface area contributed by atoms with E-state index < -0.39 is 0 Å². The van der Waals surface area contributed by atoms with Gasteiger partial charge in [0.15, 0.2) is 0 Å². The van der Waals surface area contributed by atoms with Crippen molar-refractivity contribution in [1.29, 1.82) is 0 Å². The van der Waals surface area contributed by atoms with Gasteiger partial charge in [-0.15, -0.1) is 12.4 Å². The summed E-state index contributed by atoms with van der Waals surface area (Å²) < 4.78 is 5.56. The van der Waals surface area contributed by atoms with Gasteiger partial charge in [-0.3, -0.25) is 0 Å². The van der Waals surface area contributed by atoms with Gasteiger partial charge in [-0.25, -0.2) is 4.98 Å². The van der Waals surface area contributed by atoms with E-state index in [4.69, 9.17) is 4.74 Å². The van der Waals surface area contributed by atoms with Crippen molar-refractivity contribution in [2.45, 2.75) is 13.5 Å². The summed E-state index contributed by atoms with van der Waals surface area (Å²) in [5.74, 6) is 0.889. The predicted molar refractivity (Wildman–Crippen MR) is 61.3 cm³/mol. The quantitative estimate of drug-likeness (QED) is 0.871. The summed E-state index contributed by atoms with van der Waals surface area (Å²) in [4.78, 5) is 6.90. The number of benzene rings is 1. The highest BCUT2D eigenvalue weighted by atomic mass is 35.5. The van der Waals surface area contributed by atoms with Crippen LogP contribution in [-0.2, 0) is 6.61 Å². The molecule has 0 atom stereocenters. The van der Waals surface area contributed by atoms with Crippen LogP contribution in [0.2, 0.25) is 0 Å². The Kier molecular flexibility index (Phi) is 4.18. The maximum absolute atomic E-state index is 5.56. The number of aromatic nitrogens is 2. The Balaban J connectivity index is 0.00000112. The number of imidazole rings is 1. The maximum atomic E-state index is 5.56. The minimum atomic E-state index is 0. The SMILES string of the molecule is Cc1cccc(OCc2cnc[nH]2)c1.Cl. The van der Waals surface area contributed by atoms with Gasteiger partial charge in [-0.05, 0) is 24.6 Å². The Morgan fingerprint density at radius 3 is 2.93 bits per heavy atom. The van der Waals surface area contributed by atoms with Crippen molar-refractivity contribution in [2.24, 2.45) is 0 Å². The fourth-order valence-electron chi connectivity index (χ4n) is 1.23. The summed E-state index contributed by atoms with van der Waals surface area (Å²) in [6, 6.07) is 7.99. The Morgan fingerprint density at radius 1 is 1.40 bits per heavy atom. The summed E-state index contributed by atoms with van der Waals surface area (Å²) in [6.45, 7) is 2.58. The molecule has 80 valence electrons. The zero-order valence-corrected chi connectivity index (χ0v) is 9.25. The molecule has 1 N–H and O–H groups in total. The first kappa shape index (κ1) is 11.6. The third-order valence-electron chi connectivity index (χ3n) is 1.94. The molecule has 2 rings (SSSR count). The average Bonchev–Trinajstić information content (AvgIpc) is 2.67. The lowest BCUT2D eigenvalue weighted by atomic mass is 10.2. The van der Waals surface area contributed by atoms with E-state index in [0.29, 0.717) is 6.61 Å². The Bertz CT molecular complexity index is 401. The van der Waals surface area contributed by atoms with Gasteiger partial charge in [0.2, 0.25) is 0 Å². The first-order chi connectivity index (χ1) is 6.84. The van der Waals surface area contributed by atoms with Crippen LogP contribution in [0, 0.1) is 6.92 Å². The van der Waals surface area contributed by atoms with Crippen molar-refractivity contribution in [3.05, 3.63) is 48.0 Å². The van der Waals surface area contributed by atoms with E-state index in [-0.39, 0.29) is 12.4 Å². The van der Waals surface area contributed by atoms with E-state index in [0.717, 1.165) is 11.4 Å². The van der Waals surface area contributed by atoms with Crippen LogP contribution >= 0.6 is 12.4 Å². The summed E-state index contributed by atoms with van der Waals surface area (Å²) in [5, 5.41) is 0. The molecule has 3 nitrogen and oxygen atoms in total. The minimum absolute atomic E-state index is 0. The van der Waals surface area contributed by atoms with Gasteiger partial charge in [-0.2, -0.15) is 0 Å². The van der Waals surface area contributed by atoms with Crippen LogP contribution < -0.4 is 4.74 Å². The fourth-order valence-corrected chi connectivity index (χ4v) is 1.23. The number of halogens is 1. The van der Waals surface area contributed by atoms with E-state index in [1.165, 1.54) is 5.56 Å². The van der Waals surface area contributed by atoms with Gasteiger partial charge in [-0.1, -0.05) is 12.1 Å². The molecule has 15 heavy (non-hydrogen) atoms. The molecular formula is C11H13ClN2O. The molecule has 0 aliphatic heterocycles. The topological polar surface area (TPSA) is 37.9 Å². The molecule has 0 amide bonds. The third kappa shape index (κ3) is 3.29. The molecule has 0 bridgehead atoms. The normalized spacial score (nSPS) is 9.40. The second-order valence-corrected chi connectivity index (χ2v) is 3.18. The Morgan fingerprint density at radius 2 is 2.27 bits per heavy atom. The molecule has 0 radical (unpaired) electrons. The molecule has 0 aliphatic rings. The number of nitrogens with one attached hydrogen (secondary N) is 1. The van der Waals surface area contributed by atoms with Crippen LogP contribution in [0.25, 0.3) is 0 Å². The first-order valence-electron chi connectivity index (χ1n) is 4.51. The smallest absolute Gasteiger partial charge is 0.130 e.